The van der Waals surface area contributed by atoms with Crippen LogP contribution in [-0.4, -0.2) is 37.2 Å². The highest BCUT2D eigenvalue weighted by Crippen LogP contribution is 2.17. The van der Waals surface area contributed by atoms with Gasteiger partial charge < -0.3 is 14.2 Å². The molecule has 0 aliphatic rings. The first-order chi connectivity index (χ1) is 28.4. The average Bonchev–Trinajstić information content (AvgIpc) is 3.21. The molecule has 6 nitrogen and oxygen atoms in total. The quantitative estimate of drug-likeness (QED) is 0.0346. The number of hydrogen-bond acceptors (Lipinski definition) is 6. The fraction of sp³-hybridized carbons (Fsp3) is 0.942. The molecule has 0 saturated heterocycles. The lowest BCUT2D eigenvalue weighted by Crippen LogP contribution is -2.30. The SMILES string of the molecule is CCCCCCCCCCCCCCCCCCC(=O)O[C@@H](COC(=O)CCCCCCCCCCCCCC)COC(=O)CCCCCCCCCCCC(C)C. The second-order valence-corrected chi connectivity index (χ2v) is 18.3. The van der Waals surface area contributed by atoms with Crippen molar-refractivity contribution in [3.63, 3.8) is 0 Å². The van der Waals surface area contributed by atoms with Crippen molar-refractivity contribution in [3.05, 3.63) is 0 Å². The molecule has 0 rings (SSSR count). The van der Waals surface area contributed by atoms with Crippen LogP contribution in [0, 0.1) is 5.92 Å². The average molecular weight is 821 g/mol. The number of ether oxygens (including phenoxy) is 3. The molecule has 6 heteroatoms. The summed E-state index contributed by atoms with van der Waals surface area (Å²) in [5.41, 5.74) is 0. The van der Waals surface area contributed by atoms with Gasteiger partial charge in [-0.05, 0) is 25.2 Å². The van der Waals surface area contributed by atoms with Crippen LogP contribution in [0.1, 0.15) is 291 Å². The van der Waals surface area contributed by atoms with E-state index in [1.165, 1.54) is 186 Å². The Morgan fingerprint density at radius 3 is 0.845 bits per heavy atom. The van der Waals surface area contributed by atoms with Gasteiger partial charge in [-0.15, -0.1) is 0 Å². The third kappa shape index (κ3) is 45.5. The molecule has 0 bridgehead atoms. The Morgan fingerprint density at radius 1 is 0.328 bits per heavy atom. The maximum Gasteiger partial charge on any atom is 0.306 e. The first kappa shape index (κ1) is 56.4. The smallest absolute Gasteiger partial charge is 0.306 e. The summed E-state index contributed by atoms with van der Waals surface area (Å²) >= 11 is 0. The molecule has 0 aliphatic carbocycles. The fourth-order valence-electron chi connectivity index (χ4n) is 7.86. The highest BCUT2D eigenvalue weighted by atomic mass is 16.6. The highest BCUT2D eigenvalue weighted by molar-refractivity contribution is 5.71. The minimum atomic E-state index is -0.760. The molecule has 58 heavy (non-hydrogen) atoms. The standard InChI is InChI=1S/C52H100O6/c1-5-7-9-11-13-15-17-19-20-21-22-24-28-33-37-41-45-52(55)58-49(46-56-50(53)43-39-35-31-27-23-18-16-14-12-10-8-6-2)47-57-51(54)44-40-36-32-29-25-26-30-34-38-42-48(3)4/h48-49H,5-47H2,1-4H3/t49-/m0/s1. The summed E-state index contributed by atoms with van der Waals surface area (Å²) < 4.78 is 16.8. The third-order valence-corrected chi connectivity index (χ3v) is 11.8. The zero-order chi connectivity index (χ0) is 42.4. The van der Waals surface area contributed by atoms with Crippen LogP contribution >= 0.6 is 0 Å². The Hall–Kier alpha value is -1.59. The number of rotatable bonds is 47. The second kappa shape index (κ2) is 46.5. The van der Waals surface area contributed by atoms with Crippen molar-refractivity contribution in [1.29, 1.82) is 0 Å². The highest BCUT2D eigenvalue weighted by Gasteiger charge is 2.19. The van der Waals surface area contributed by atoms with Crippen molar-refractivity contribution in [2.75, 3.05) is 13.2 Å². The number of unbranched alkanes of at least 4 members (excludes halogenated alkanes) is 34. The minimum Gasteiger partial charge on any atom is -0.462 e. The van der Waals surface area contributed by atoms with Crippen molar-refractivity contribution in [2.45, 2.75) is 297 Å². The summed E-state index contributed by atoms with van der Waals surface area (Å²) in [7, 11) is 0. The maximum atomic E-state index is 12.8. The third-order valence-electron chi connectivity index (χ3n) is 11.8. The van der Waals surface area contributed by atoms with Crippen molar-refractivity contribution in [1.82, 2.24) is 0 Å². The molecule has 0 aromatic heterocycles. The Bertz CT molecular complexity index is 872. The molecule has 0 saturated carbocycles. The first-order valence-electron chi connectivity index (χ1n) is 25.9. The van der Waals surface area contributed by atoms with Crippen molar-refractivity contribution in [3.8, 4) is 0 Å². The number of esters is 3. The predicted octanol–water partition coefficient (Wildman–Crippen LogP) is 16.7. The van der Waals surface area contributed by atoms with E-state index in [1.54, 1.807) is 0 Å². The lowest BCUT2D eigenvalue weighted by atomic mass is 10.0. The molecule has 1 atom stereocenters. The van der Waals surface area contributed by atoms with Gasteiger partial charge in [0.1, 0.15) is 13.2 Å². The normalized spacial score (nSPS) is 11.9. The maximum absolute atomic E-state index is 12.8. The van der Waals surface area contributed by atoms with E-state index in [0.29, 0.717) is 19.3 Å². The molecule has 344 valence electrons. The Morgan fingerprint density at radius 2 is 0.569 bits per heavy atom. The van der Waals surface area contributed by atoms with E-state index in [4.69, 9.17) is 14.2 Å². The summed E-state index contributed by atoms with van der Waals surface area (Å²) in [4.78, 5) is 37.9. The van der Waals surface area contributed by atoms with E-state index in [2.05, 4.69) is 27.7 Å². The van der Waals surface area contributed by atoms with Gasteiger partial charge in [0.2, 0.25) is 0 Å². The fourth-order valence-corrected chi connectivity index (χ4v) is 7.86. The zero-order valence-corrected chi connectivity index (χ0v) is 39.5. The molecular weight excluding hydrogens is 721 g/mol. The van der Waals surface area contributed by atoms with Gasteiger partial charge in [0.05, 0.1) is 0 Å². The van der Waals surface area contributed by atoms with Gasteiger partial charge in [-0.3, -0.25) is 14.4 Å². The minimum absolute atomic E-state index is 0.0630. The summed E-state index contributed by atoms with van der Waals surface area (Å²) in [6, 6.07) is 0. The Labute approximate surface area is 361 Å². The van der Waals surface area contributed by atoms with E-state index in [1.807, 2.05) is 0 Å². The monoisotopic (exact) mass is 821 g/mol. The molecule has 0 unspecified atom stereocenters. The van der Waals surface area contributed by atoms with Crippen LogP contribution in [0.2, 0.25) is 0 Å². The molecule has 0 radical (unpaired) electrons. The Kier molecular flexibility index (Phi) is 45.2. The van der Waals surface area contributed by atoms with Gasteiger partial charge in [0.25, 0.3) is 0 Å². The summed E-state index contributed by atoms with van der Waals surface area (Å²) in [6.07, 6.45) is 48.0. The second-order valence-electron chi connectivity index (χ2n) is 18.3. The summed E-state index contributed by atoms with van der Waals surface area (Å²) in [6.45, 7) is 9.00. The van der Waals surface area contributed by atoms with Crippen molar-refractivity contribution >= 4 is 17.9 Å². The van der Waals surface area contributed by atoms with Gasteiger partial charge >= 0.3 is 17.9 Å². The van der Waals surface area contributed by atoms with E-state index >= 15 is 0 Å². The molecule has 0 fully saturated rings. The number of carbonyl (C=O) groups excluding carboxylic acids is 3. The summed E-state index contributed by atoms with van der Waals surface area (Å²) in [5.74, 6) is -0.0367. The van der Waals surface area contributed by atoms with Gasteiger partial charge in [-0.2, -0.15) is 0 Å². The van der Waals surface area contributed by atoms with E-state index < -0.39 is 6.10 Å². The molecule has 0 aromatic rings. The van der Waals surface area contributed by atoms with E-state index in [-0.39, 0.29) is 31.1 Å². The lowest BCUT2D eigenvalue weighted by molar-refractivity contribution is -0.167. The van der Waals surface area contributed by atoms with Crippen LogP contribution in [-0.2, 0) is 28.6 Å². The largest absolute Gasteiger partial charge is 0.462 e. The lowest BCUT2D eigenvalue weighted by Gasteiger charge is -2.18. The molecule has 0 aliphatic heterocycles. The molecular formula is C52H100O6. The number of carbonyl (C=O) groups is 3. The van der Waals surface area contributed by atoms with Gasteiger partial charge in [0, 0.05) is 19.3 Å². The first-order valence-corrected chi connectivity index (χ1v) is 25.9. The van der Waals surface area contributed by atoms with Gasteiger partial charge in [-0.1, -0.05) is 252 Å². The topological polar surface area (TPSA) is 78.9 Å². The predicted molar refractivity (Wildman–Crippen MR) is 247 cm³/mol. The Balaban J connectivity index is 4.30. The van der Waals surface area contributed by atoms with Crippen molar-refractivity contribution < 1.29 is 28.6 Å². The van der Waals surface area contributed by atoms with Gasteiger partial charge in [-0.25, -0.2) is 0 Å². The molecule has 0 aromatic carbocycles. The van der Waals surface area contributed by atoms with Crippen LogP contribution in [0.4, 0.5) is 0 Å². The molecule has 0 amide bonds. The number of hydrogen-bond donors (Lipinski definition) is 0. The van der Waals surface area contributed by atoms with E-state index in [9.17, 15) is 14.4 Å². The van der Waals surface area contributed by atoms with Crippen LogP contribution in [0.15, 0.2) is 0 Å². The molecule has 0 spiro atoms. The van der Waals surface area contributed by atoms with E-state index in [0.717, 1.165) is 63.7 Å². The summed E-state index contributed by atoms with van der Waals surface area (Å²) in [5, 5.41) is 0. The van der Waals surface area contributed by atoms with Crippen molar-refractivity contribution in [2.24, 2.45) is 5.92 Å². The van der Waals surface area contributed by atoms with Crippen LogP contribution in [0.5, 0.6) is 0 Å². The van der Waals surface area contributed by atoms with Gasteiger partial charge in [0.15, 0.2) is 6.10 Å². The zero-order valence-electron chi connectivity index (χ0n) is 39.5. The molecule has 0 N–H and O–H groups in total. The van der Waals surface area contributed by atoms with Crippen LogP contribution in [0.3, 0.4) is 0 Å². The molecule has 0 heterocycles. The van der Waals surface area contributed by atoms with Crippen LogP contribution < -0.4 is 0 Å². The van der Waals surface area contributed by atoms with Crippen LogP contribution in [0.25, 0.3) is 0 Å².